The van der Waals surface area contributed by atoms with Crippen LogP contribution in [0.3, 0.4) is 0 Å². The molecule has 0 aliphatic rings. The van der Waals surface area contributed by atoms with Crippen LogP contribution in [-0.4, -0.2) is 0 Å². The van der Waals surface area contributed by atoms with E-state index < -0.39 is 0 Å². The first kappa shape index (κ1) is 29.6. The third kappa shape index (κ3) is 4.82. The summed E-state index contributed by atoms with van der Waals surface area (Å²) in [5, 5.41) is 9.49. The quantitative estimate of drug-likeness (QED) is 0.170. The number of hydrogen-bond donors (Lipinski definition) is 0. The van der Waals surface area contributed by atoms with Gasteiger partial charge in [0, 0.05) is 38.6 Å². The van der Waals surface area contributed by atoms with Crippen molar-refractivity contribution in [2.75, 3.05) is 4.90 Å². The molecule has 0 fully saturated rings. The van der Waals surface area contributed by atoms with Crippen LogP contribution >= 0.6 is 0 Å². The van der Waals surface area contributed by atoms with Crippen LogP contribution in [0.15, 0.2) is 197 Å². The summed E-state index contributed by atoms with van der Waals surface area (Å²) in [5.41, 5.74) is 11.4. The average molecular weight is 678 g/mol. The van der Waals surface area contributed by atoms with E-state index in [2.05, 4.69) is 181 Å². The van der Waals surface area contributed by atoms with Crippen molar-refractivity contribution in [2.45, 2.75) is 0 Å². The summed E-state index contributed by atoms with van der Waals surface area (Å²) >= 11 is 0. The molecule has 3 heteroatoms. The highest BCUT2D eigenvalue weighted by atomic mass is 16.3. The Morgan fingerprint density at radius 3 is 1.83 bits per heavy atom. The van der Waals surface area contributed by atoms with Gasteiger partial charge in [-0.25, -0.2) is 0 Å². The molecule has 0 aliphatic heterocycles. The first-order valence-electron chi connectivity index (χ1n) is 18.0. The van der Waals surface area contributed by atoms with Crippen LogP contribution in [0.5, 0.6) is 0 Å². The predicted molar refractivity (Wildman–Crippen MR) is 222 cm³/mol. The third-order valence-electron chi connectivity index (χ3n) is 10.6. The lowest BCUT2D eigenvalue weighted by Gasteiger charge is -2.25. The Hall–Kier alpha value is -7.10. The highest BCUT2D eigenvalue weighted by Crippen LogP contribution is 2.43. The minimum atomic E-state index is 0.869. The molecular weight excluding hydrogens is 647 g/mol. The summed E-state index contributed by atoms with van der Waals surface area (Å²) in [6.07, 6.45) is 0. The molecule has 9 aromatic carbocycles. The van der Waals surface area contributed by atoms with Gasteiger partial charge in [-0.1, -0.05) is 115 Å². The Morgan fingerprint density at radius 1 is 0.302 bits per heavy atom. The molecule has 11 aromatic rings. The Balaban J connectivity index is 1.03. The van der Waals surface area contributed by atoms with Crippen LogP contribution in [0.2, 0.25) is 0 Å². The van der Waals surface area contributed by atoms with Crippen molar-refractivity contribution in [2.24, 2.45) is 0 Å². The smallest absolute Gasteiger partial charge is 0.136 e. The van der Waals surface area contributed by atoms with Crippen LogP contribution in [0, 0.1) is 0 Å². The first-order valence-corrected chi connectivity index (χ1v) is 18.0. The van der Waals surface area contributed by atoms with Gasteiger partial charge in [0.05, 0.1) is 0 Å². The fourth-order valence-electron chi connectivity index (χ4n) is 8.11. The number of rotatable bonds is 5. The van der Waals surface area contributed by atoms with E-state index in [0.717, 1.165) is 77.6 Å². The van der Waals surface area contributed by atoms with Crippen LogP contribution in [0.4, 0.5) is 17.1 Å². The van der Waals surface area contributed by atoms with Crippen molar-refractivity contribution in [1.29, 1.82) is 0 Å². The highest BCUT2D eigenvalue weighted by molar-refractivity contribution is 6.15. The second-order valence-corrected chi connectivity index (χ2v) is 13.7. The first-order chi connectivity index (χ1) is 26.2. The van der Waals surface area contributed by atoms with Gasteiger partial charge in [-0.05, 0) is 117 Å². The number of furan rings is 2. The van der Waals surface area contributed by atoms with Crippen LogP contribution in [0.25, 0.3) is 87.7 Å². The van der Waals surface area contributed by atoms with Crippen molar-refractivity contribution < 1.29 is 8.83 Å². The molecule has 0 bridgehead atoms. The zero-order valence-electron chi connectivity index (χ0n) is 28.7. The minimum absolute atomic E-state index is 0.869. The molecule has 0 amide bonds. The van der Waals surface area contributed by atoms with E-state index in [1.54, 1.807) is 0 Å². The molecule has 0 radical (unpaired) electrons. The SMILES string of the molecule is c1ccc(N(c2ccc(-c3ccc4oc5ccccc5c4c3)cc2)c2ccc3oc4cccc(-c5ccc6c(ccc7ccccc76)c5)c4c3c2)cc1. The van der Waals surface area contributed by atoms with Crippen molar-refractivity contribution in [3.63, 3.8) is 0 Å². The molecule has 11 rings (SSSR count). The Kier molecular flexibility index (Phi) is 6.55. The van der Waals surface area contributed by atoms with Crippen molar-refractivity contribution in [3.05, 3.63) is 188 Å². The monoisotopic (exact) mass is 677 g/mol. The lowest BCUT2D eigenvalue weighted by Crippen LogP contribution is -2.09. The second-order valence-electron chi connectivity index (χ2n) is 13.7. The molecular formula is C50H31NO2. The number of fused-ring (bicyclic) bond motifs is 9. The van der Waals surface area contributed by atoms with Crippen molar-refractivity contribution in [3.8, 4) is 22.3 Å². The summed E-state index contributed by atoms with van der Waals surface area (Å²) < 4.78 is 12.6. The summed E-state index contributed by atoms with van der Waals surface area (Å²) in [4.78, 5) is 2.32. The topological polar surface area (TPSA) is 29.5 Å². The van der Waals surface area contributed by atoms with Crippen LogP contribution < -0.4 is 4.90 Å². The number of benzene rings is 9. The lowest BCUT2D eigenvalue weighted by molar-refractivity contribution is 0.668. The molecule has 0 aliphatic carbocycles. The number of nitrogens with zero attached hydrogens (tertiary/aromatic N) is 1. The van der Waals surface area contributed by atoms with Gasteiger partial charge in [0.25, 0.3) is 0 Å². The Labute approximate surface area is 305 Å². The molecule has 0 spiro atoms. The molecule has 3 nitrogen and oxygen atoms in total. The molecule has 0 N–H and O–H groups in total. The van der Waals surface area contributed by atoms with E-state index in [1.165, 1.54) is 27.1 Å². The van der Waals surface area contributed by atoms with E-state index in [1.807, 2.05) is 12.1 Å². The third-order valence-corrected chi connectivity index (χ3v) is 10.6. The van der Waals surface area contributed by atoms with E-state index in [0.29, 0.717) is 0 Å². The molecule has 53 heavy (non-hydrogen) atoms. The molecule has 0 atom stereocenters. The van der Waals surface area contributed by atoms with Gasteiger partial charge in [0.1, 0.15) is 22.3 Å². The Morgan fingerprint density at radius 2 is 0.925 bits per heavy atom. The largest absolute Gasteiger partial charge is 0.456 e. The summed E-state index contributed by atoms with van der Waals surface area (Å²) in [5.74, 6) is 0. The Bertz CT molecular complexity index is 3170. The number of anilines is 3. The molecule has 2 aromatic heterocycles. The van der Waals surface area contributed by atoms with Crippen LogP contribution in [0.1, 0.15) is 0 Å². The van der Waals surface area contributed by atoms with E-state index >= 15 is 0 Å². The molecule has 2 heterocycles. The maximum Gasteiger partial charge on any atom is 0.136 e. The van der Waals surface area contributed by atoms with Crippen molar-refractivity contribution in [1.82, 2.24) is 0 Å². The van der Waals surface area contributed by atoms with Gasteiger partial charge in [-0.3, -0.25) is 0 Å². The van der Waals surface area contributed by atoms with Crippen molar-refractivity contribution >= 4 is 82.5 Å². The maximum absolute atomic E-state index is 6.50. The average Bonchev–Trinajstić information content (AvgIpc) is 3.79. The van der Waals surface area contributed by atoms with E-state index in [-0.39, 0.29) is 0 Å². The van der Waals surface area contributed by atoms with Crippen LogP contribution in [-0.2, 0) is 0 Å². The van der Waals surface area contributed by atoms with Gasteiger partial charge in [-0.2, -0.15) is 0 Å². The predicted octanol–water partition coefficient (Wildman–Crippen LogP) is 14.6. The van der Waals surface area contributed by atoms with Gasteiger partial charge in [-0.15, -0.1) is 0 Å². The molecule has 248 valence electrons. The van der Waals surface area contributed by atoms with Gasteiger partial charge >= 0.3 is 0 Å². The molecule has 0 saturated heterocycles. The minimum Gasteiger partial charge on any atom is -0.456 e. The fourth-order valence-corrected chi connectivity index (χ4v) is 8.11. The lowest BCUT2D eigenvalue weighted by atomic mass is 9.95. The summed E-state index contributed by atoms with van der Waals surface area (Å²) in [7, 11) is 0. The maximum atomic E-state index is 6.50. The second kappa shape index (κ2) is 11.7. The van der Waals surface area contributed by atoms with E-state index in [4.69, 9.17) is 8.83 Å². The summed E-state index contributed by atoms with van der Waals surface area (Å²) in [6, 6.07) is 66.9. The number of para-hydroxylation sites is 2. The highest BCUT2D eigenvalue weighted by Gasteiger charge is 2.18. The summed E-state index contributed by atoms with van der Waals surface area (Å²) in [6.45, 7) is 0. The number of hydrogen-bond acceptors (Lipinski definition) is 3. The zero-order valence-corrected chi connectivity index (χ0v) is 28.7. The molecule has 0 unspecified atom stereocenters. The zero-order chi connectivity index (χ0) is 34.9. The molecule has 0 saturated carbocycles. The van der Waals surface area contributed by atoms with Gasteiger partial charge in [0.2, 0.25) is 0 Å². The normalized spacial score (nSPS) is 11.8. The van der Waals surface area contributed by atoms with Gasteiger partial charge < -0.3 is 13.7 Å². The fraction of sp³-hybridized carbons (Fsp3) is 0. The van der Waals surface area contributed by atoms with Gasteiger partial charge in [0.15, 0.2) is 0 Å². The standard InChI is InChI=1S/C50H31NO2/c1-2-10-37(11-3-1)51(38-23-19-32(20-24-38)34-22-27-47-44(30-34)43-13-6-7-15-46(43)52-47)39-25-28-48-45(31-39)50-42(14-8-16-49(50)53-48)36-21-26-41-35(29-36)18-17-33-9-4-5-12-40(33)41/h1-31H. The van der Waals surface area contributed by atoms with E-state index in [9.17, 15) is 0 Å².